The van der Waals surface area contributed by atoms with Crippen LogP contribution in [0.5, 0.6) is 0 Å². The largest absolute Gasteiger partial charge is 0.238 e. The van der Waals surface area contributed by atoms with Gasteiger partial charge in [0, 0.05) is 13.1 Å². The molecule has 1 fully saturated rings. The number of allylic oxidation sites excluding steroid dienone is 2. The van der Waals surface area contributed by atoms with Crippen molar-refractivity contribution in [2.45, 2.75) is 39.5 Å². The average Bonchev–Trinajstić information content (AvgIpc) is 2.44. The molecule has 0 bridgehead atoms. The molecule has 0 aromatic rings. The molecule has 1 saturated heterocycles. The summed E-state index contributed by atoms with van der Waals surface area (Å²) >= 11 is 0. The summed E-state index contributed by atoms with van der Waals surface area (Å²) in [5.41, 5.74) is 0. The van der Waals surface area contributed by atoms with E-state index in [-0.39, 0.29) is 0 Å². The average molecular weight is 217 g/mol. The predicted octanol–water partition coefficient (Wildman–Crippen LogP) is 2.12. The maximum absolute atomic E-state index is 11.9. The topological polar surface area (TPSA) is 37.4 Å². The lowest BCUT2D eigenvalue weighted by Crippen LogP contribution is -2.32. The van der Waals surface area contributed by atoms with Crippen LogP contribution >= 0.6 is 0 Å². The van der Waals surface area contributed by atoms with Gasteiger partial charge in [-0.05, 0) is 26.7 Å². The van der Waals surface area contributed by atoms with E-state index < -0.39 is 10.0 Å². The van der Waals surface area contributed by atoms with Gasteiger partial charge >= 0.3 is 0 Å². The third-order valence-electron chi connectivity index (χ3n) is 2.72. The maximum Gasteiger partial charge on any atom is 0.238 e. The van der Waals surface area contributed by atoms with Crippen LogP contribution in [0, 0.1) is 0 Å². The lowest BCUT2D eigenvalue weighted by atomic mass is 10.2. The summed E-state index contributed by atoms with van der Waals surface area (Å²) in [4.78, 5) is 0.472. The van der Waals surface area contributed by atoms with Crippen LogP contribution in [-0.4, -0.2) is 25.8 Å². The third-order valence-corrected chi connectivity index (χ3v) is 4.81. The second-order valence-corrected chi connectivity index (χ2v) is 5.83. The monoisotopic (exact) mass is 217 g/mol. The first kappa shape index (κ1) is 11.7. The Morgan fingerprint density at radius 3 is 2.07 bits per heavy atom. The van der Waals surface area contributed by atoms with Crippen LogP contribution in [0.4, 0.5) is 0 Å². The van der Waals surface area contributed by atoms with Gasteiger partial charge in [-0.2, -0.15) is 4.31 Å². The zero-order valence-corrected chi connectivity index (χ0v) is 9.81. The van der Waals surface area contributed by atoms with Crippen molar-refractivity contribution in [3.8, 4) is 0 Å². The van der Waals surface area contributed by atoms with Gasteiger partial charge in [0.1, 0.15) is 0 Å². The first-order valence-corrected chi connectivity index (χ1v) is 6.66. The van der Waals surface area contributed by atoms with E-state index in [9.17, 15) is 8.42 Å². The molecule has 0 saturated carbocycles. The molecule has 0 aliphatic carbocycles. The van der Waals surface area contributed by atoms with E-state index in [2.05, 4.69) is 0 Å². The van der Waals surface area contributed by atoms with Gasteiger partial charge < -0.3 is 0 Å². The molecule has 82 valence electrons. The normalized spacial score (nSPS) is 22.0. The molecular weight excluding hydrogens is 198 g/mol. The molecule has 1 aliphatic rings. The highest BCUT2D eigenvalue weighted by Gasteiger charge is 2.23. The Bertz CT molecular complexity index is 298. The highest BCUT2D eigenvalue weighted by Crippen LogP contribution is 2.18. The third kappa shape index (κ3) is 2.58. The number of sulfonamides is 1. The molecule has 1 heterocycles. The molecule has 4 heteroatoms. The molecule has 1 aliphatic heterocycles. The lowest BCUT2D eigenvalue weighted by Gasteiger charge is -2.19. The molecule has 0 amide bonds. The Hall–Kier alpha value is -0.350. The Labute approximate surface area is 86.8 Å². The summed E-state index contributed by atoms with van der Waals surface area (Å²) in [5, 5.41) is 0. The van der Waals surface area contributed by atoms with Gasteiger partial charge in [-0.3, -0.25) is 0 Å². The van der Waals surface area contributed by atoms with Crippen molar-refractivity contribution in [1.29, 1.82) is 0 Å². The minimum absolute atomic E-state index is 0.472. The lowest BCUT2D eigenvalue weighted by molar-refractivity contribution is 0.428. The molecule has 0 aromatic heterocycles. The second kappa shape index (κ2) is 4.94. The number of hydrogen-bond donors (Lipinski definition) is 0. The summed E-state index contributed by atoms with van der Waals surface area (Å²) in [6.07, 6.45) is 5.97. The van der Waals surface area contributed by atoms with E-state index in [1.807, 2.05) is 0 Å². The van der Waals surface area contributed by atoms with Gasteiger partial charge in [-0.15, -0.1) is 0 Å². The van der Waals surface area contributed by atoms with Crippen molar-refractivity contribution in [2.24, 2.45) is 0 Å². The van der Waals surface area contributed by atoms with E-state index in [0.717, 1.165) is 25.7 Å². The smallest absolute Gasteiger partial charge is 0.207 e. The number of rotatable bonds is 2. The van der Waals surface area contributed by atoms with E-state index in [1.54, 1.807) is 24.2 Å². The molecule has 0 aromatic carbocycles. The fourth-order valence-corrected chi connectivity index (χ4v) is 3.08. The van der Waals surface area contributed by atoms with Gasteiger partial charge in [0.15, 0.2) is 0 Å². The van der Waals surface area contributed by atoms with Crippen LogP contribution in [0.25, 0.3) is 0 Å². The zero-order chi connectivity index (χ0) is 10.6. The fraction of sp³-hybridized carbons (Fsp3) is 0.800. The highest BCUT2D eigenvalue weighted by atomic mass is 32.2. The first-order chi connectivity index (χ1) is 6.59. The van der Waals surface area contributed by atoms with E-state index in [1.165, 1.54) is 0 Å². The van der Waals surface area contributed by atoms with Crippen molar-refractivity contribution >= 4 is 10.0 Å². The van der Waals surface area contributed by atoms with Crippen LogP contribution < -0.4 is 0 Å². The summed E-state index contributed by atoms with van der Waals surface area (Å²) in [5.74, 6) is 0. The highest BCUT2D eigenvalue weighted by molar-refractivity contribution is 7.92. The standard InChI is InChI=1S/C10H19NO2S/c1-3-10(2)14(12,13)11-8-6-4-5-7-9-11/h3H,4-9H2,1-2H3/b10-3+. The summed E-state index contributed by atoms with van der Waals surface area (Å²) in [6.45, 7) is 4.81. The molecule has 0 spiro atoms. The zero-order valence-electron chi connectivity index (χ0n) is 8.99. The molecule has 0 atom stereocenters. The quantitative estimate of drug-likeness (QED) is 0.710. The molecule has 0 N–H and O–H groups in total. The van der Waals surface area contributed by atoms with Crippen LogP contribution in [0.15, 0.2) is 11.0 Å². The van der Waals surface area contributed by atoms with Gasteiger partial charge in [0.25, 0.3) is 0 Å². The van der Waals surface area contributed by atoms with Crippen molar-refractivity contribution in [1.82, 2.24) is 4.31 Å². The first-order valence-electron chi connectivity index (χ1n) is 5.22. The molecule has 14 heavy (non-hydrogen) atoms. The minimum Gasteiger partial charge on any atom is -0.207 e. The van der Waals surface area contributed by atoms with Crippen molar-refractivity contribution in [2.75, 3.05) is 13.1 Å². The Kier molecular flexibility index (Phi) is 4.13. The molecule has 0 unspecified atom stereocenters. The maximum atomic E-state index is 11.9. The molecule has 0 radical (unpaired) electrons. The molecular formula is C10H19NO2S. The van der Waals surface area contributed by atoms with Crippen LogP contribution in [0.1, 0.15) is 39.5 Å². The number of nitrogens with zero attached hydrogens (tertiary/aromatic N) is 1. The predicted molar refractivity (Wildman–Crippen MR) is 58.4 cm³/mol. The van der Waals surface area contributed by atoms with Gasteiger partial charge in [0.2, 0.25) is 10.0 Å². The van der Waals surface area contributed by atoms with E-state index in [0.29, 0.717) is 18.0 Å². The Balaban J connectivity index is 2.80. The van der Waals surface area contributed by atoms with Crippen LogP contribution in [0.2, 0.25) is 0 Å². The molecule has 3 nitrogen and oxygen atoms in total. The van der Waals surface area contributed by atoms with E-state index >= 15 is 0 Å². The van der Waals surface area contributed by atoms with Crippen LogP contribution in [0.3, 0.4) is 0 Å². The minimum atomic E-state index is -3.14. The summed E-state index contributed by atoms with van der Waals surface area (Å²) in [7, 11) is -3.14. The van der Waals surface area contributed by atoms with Gasteiger partial charge in [-0.1, -0.05) is 18.9 Å². The summed E-state index contributed by atoms with van der Waals surface area (Å²) < 4.78 is 25.5. The number of hydrogen-bond acceptors (Lipinski definition) is 2. The Morgan fingerprint density at radius 2 is 1.64 bits per heavy atom. The molecule has 1 rings (SSSR count). The SMILES string of the molecule is C/C=C(\C)S(=O)(=O)N1CCCCCC1. The van der Waals surface area contributed by atoms with Crippen LogP contribution in [-0.2, 0) is 10.0 Å². The van der Waals surface area contributed by atoms with Crippen molar-refractivity contribution in [3.63, 3.8) is 0 Å². The van der Waals surface area contributed by atoms with E-state index in [4.69, 9.17) is 0 Å². The Morgan fingerprint density at radius 1 is 1.14 bits per heavy atom. The second-order valence-electron chi connectivity index (χ2n) is 3.72. The van der Waals surface area contributed by atoms with Gasteiger partial charge in [-0.25, -0.2) is 8.42 Å². The fourth-order valence-electron chi connectivity index (χ4n) is 1.63. The van der Waals surface area contributed by atoms with Crippen molar-refractivity contribution in [3.05, 3.63) is 11.0 Å². The van der Waals surface area contributed by atoms with Crippen molar-refractivity contribution < 1.29 is 8.42 Å². The van der Waals surface area contributed by atoms with Gasteiger partial charge in [0.05, 0.1) is 4.91 Å². The summed E-state index contributed by atoms with van der Waals surface area (Å²) in [6, 6.07) is 0.